The summed E-state index contributed by atoms with van der Waals surface area (Å²) in [6, 6.07) is 6.06. The molecule has 19 heavy (non-hydrogen) atoms. The van der Waals surface area contributed by atoms with Gasteiger partial charge in [-0.25, -0.2) is 4.39 Å². The summed E-state index contributed by atoms with van der Waals surface area (Å²) in [6.45, 7) is 0.0235. The molecule has 0 aliphatic carbocycles. The van der Waals surface area contributed by atoms with Crippen LogP contribution in [0.1, 0.15) is 17.3 Å². The van der Waals surface area contributed by atoms with E-state index in [1.54, 1.807) is 12.1 Å². The number of nitrogens with zero attached hydrogens (tertiary/aromatic N) is 2. The predicted molar refractivity (Wildman–Crippen MR) is 64.1 cm³/mol. The van der Waals surface area contributed by atoms with E-state index < -0.39 is 0 Å². The molecule has 0 bridgehead atoms. The molecule has 0 radical (unpaired) electrons. The molecule has 1 aromatic carbocycles. The standard InChI is InChI=1S/C13H13FN2O3/c1-18-8-11(17)7-13-15-12(16-19-13)6-9-2-4-10(14)5-3-9/h2-5H,6-8H2,1H3. The third-order valence-electron chi connectivity index (χ3n) is 2.44. The maximum Gasteiger partial charge on any atom is 0.234 e. The van der Waals surface area contributed by atoms with Gasteiger partial charge in [-0.2, -0.15) is 4.98 Å². The van der Waals surface area contributed by atoms with E-state index in [0.29, 0.717) is 12.2 Å². The van der Waals surface area contributed by atoms with E-state index >= 15 is 0 Å². The molecular weight excluding hydrogens is 251 g/mol. The number of hydrogen-bond donors (Lipinski definition) is 0. The SMILES string of the molecule is COCC(=O)Cc1nc(Cc2ccc(F)cc2)no1. The predicted octanol–water partition coefficient (Wildman–Crippen LogP) is 1.56. The minimum Gasteiger partial charge on any atom is -0.377 e. The largest absolute Gasteiger partial charge is 0.377 e. The van der Waals surface area contributed by atoms with E-state index in [9.17, 15) is 9.18 Å². The summed E-state index contributed by atoms with van der Waals surface area (Å²) < 4.78 is 22.4. The van der Waals surface area contributed by atoms with E-state index in [2.05, 4.69) is 10.1 Å². The lowest BCUT2D eigenvalue weighted by Gasteiger charge is -1.95. The van der Waals surface area contributed by atoms with Crippen LogP contribution >= 0.6 is 0 Å². The fraction of sp³-hybridized carbons (Fsp3) is 0.308. The van der Waals surface area contributed by atoms with E-state index in [-0.39, 0.29) is 30.5 Å². The Morgan fingerprint density at radius 2 is 2.11 bits per heavy atom. The smallest absolute Gasteiger partial charge is 0.234 e. The Kier molecular flexibility index (Phi) is 4.35. The first-order chi connectivity index (χ1) is 9.17. The van der Waals surface area contributed by atoms with Gasteiger partial charge in [-0.1, -0.05) is 17.3 Å². The van der Waals surface area contributed by atoms with Crippen LogP contribution in [0.2, 0.25) is 0 Å². The molecule has 0 N–H and O–H groups in total. The lowest BCUT2D eigenvalue weighted by molar-refractivity contribution is -0.122. The lowest BCUT2D eigenvalue weighted by Crippen LogP contribution is -2.09. The maximum atomic E-state index is 12.7. The van der Waals surface area contributed by atoms with Crippen molar-refractivity contribution in [1.29, 1.82) is 0 Å². The Balaban J connectivity index is 1.97. The van der Waals surface area contributed by atoms with Gasteiger partial charge >= 0.3 is 0 Å². The first-order valence-electron chi connectivity index (χ1n) is 5.74. The summed E-state index contributed by atoms with van der Waals surface area (Å²) in [5, 5.41) is 3.77. The molecule has 0 fully saturated rings. The van der Waals surface area contributed by atoms with Crippen LogP contribution in [0, 0.1) is 5.82 Å². The van der Waals surface area contributed by atoms with Gasteiger partial charge in [-0.3, -0.25) is 4.79 Å². The molecule has 0 unspecified atom stereocenters. The van der Waals surface area contributed by atoms with Gasteiger partial charge < -0.3 is 9.26 Å². The zero-order valence-corrected chi connectivity index (χ0v) is 10.4. The monoisotopic (exact) mass is 264 g/mol. The van der Waals surface area contributed by atoms with Crippen molar-refractivity contribution in [3.05, 3.63) is 47.4 Å². The van der Waals surface area contributed by atoms with Crippen LogP contribution in [-0.2, 0) is 22.4 Å². The topological polar surface area (TPSA) is 65.2 Å². The summed E-state index contributed by atoms with van der Waals surface area (Å²) in [7, 11) is 1.45. The van der Waals surface area contributed by atoms with Crippen molar-refractivity contribution in [2.24, 2.45) is 0 Å². The number of benzene rings is 1. The minimum atomic E-state index is -0.289. The summed E-state index contributed by atoms with van der Waals surface area (Å²) in [4.78, 5) is 15.4. The van der Waals surface area contributed by atoms with Gasteiger partial charge in [0.05, 0.1) is 6.42 Å². The first kappa shape index (κ1) is 13.4. The fourth-order valence-electron chi connectivity index (χ4n) is 1.60. The number of carbonyl (C=O) groups excluding carboxylic acids is 1. The van der Waals surface area contributed by atoms with E-state index in [1.807, 2.05) is 0 Å². The van der Waals surface area contributed by atoms with Gasteiger partial charge in [0.15, 0.2) is 11.6 Å². The molecular formula is C13H13FN2O3. The molecule has 0 saturated heterocycles. The number of ketones is 1. The van der Waals surface area contributed by atoms with Gasteiger partial charge in [0, 0.05) is 13.5 Å². The number of ether oxygens (including phenoxy) is 1. The fourth-order valence-corrected chi connectivity index (χ4v) is 1.60. The number of aromatic nitrogens is 2. The highest BCUT2D eigenvalue weighted by Gasteiger charge is 2.11. The second-order valence-corrected chi connectivity index (χ2v) is 4.06. The average Bonchev–Trinajstić information content (AvgIpc) is 2.80. The van der Waals surface area contributed by atoms with Crippen LogP contribution in [0.4, 0.5) is 4.39 Å². The lowest BCUT2D eigenvalue weighted by atomic mass is 10.1. The molecule has 0 spiro atoms. The summed E-state index contributed by atoms with van der Waals surface area (Å²) in [6.07, 6.45) is 0.493. The second-order valence-electron chi connectivity index (χ2n) is 4.06. The van der Waals surface area contributed by atoms with Crippen molar-refractivity contribution >= 4 is 5.78 Å². The number of rotatable bonds is 6. The van der Waals surface area contributed by atoms with Crippen molar-refractivity contribution < 1.29 is 18.4 Å². The molecule has 5 nitrogen and oxygen atoms in total. The van der Waals surface area contributed by atoms with E-state index in [4.69, 9.17) is 9.26 Å². The number of methoxy groups -OCH3 is 1. The van der Waals surface area contributed by atoms with Crippen molar-refractivity contribution in [2.75, 3.05) is 13.7 Å². The van der Waals surface area contributed by atoms with Crippen molar-refractivity contribution in [2.45, 2.75) is 12.8 Å². The molecule has 0 aliphatic heterocycles. The van der Waals surface area contributed by atoms with Gasteiger partial charge in [0.1, 0.15) is 12.4 Å². The highest BCUT2D eigenvalue weighted by Crippen LogP contribution is 2.08. The average molecular weight is 264 g/mol. The molecule has 1 heterocycles. The van der Waals surface area contributed by atoms with Crippen LogP contribution in [0.3, 0.4) is 0 Å². The van der Waals surface area contributed by atoms with Crippen molar-refractivity contribution in [1.82, 2.24) is 10.1 Å². The van der Waals surface area contributed by atoms with Crippen LogP contribution in [0.15, 0.2) is 28.8 Å². The normalized spacial score (nSPS) is 10.6. The highest BCUT2D eigenvalue weighted by molar-refractivity contribution is 5.81. The molecule has 2 rings (SSSR count). The van der Waals surface area contributed by atoms with E-state index in [1.165, 1.54) is 19.2 Å². The van der Waals surface area contributed by atoms with Crippen LogP contribution in [-0.4, -0.2) is 29.6 Å². The zero-order chi connectivity index (χ0) is 13.7. The third-order valence-corrected chi connectivity index (χ3v) is 2.44. The summed E-state index contributed by atoms with van der Waals surface area (Å²) >= 11 is 0. The summed E-state index contributed by atoms with van der Waals surface area (Å²) in [5.74, 6) is 0.313. The minimum absolute atomic E-state index is 0.0235. The number of Topliss-reactive ketones (excluding diaryl/α,β-unsaturated/α-hetero) is 1. The molecule has 0 saturated carbocycles. The van der Waals surface area contributed by atoms with Crippen molar-refractivity contribution in [3.63, 3.8) is 0 Å². The van der Waals surface area contributed by atoms with Gasteiger partial charge in [-0.05, 0) is 17.7 Å². The van der Waals surface area contributed by atoms with Gasteiger partial charge in [-0.15, -0.1) is 0 Å². The first-order valence-corrected chi connectivity index (χ1v) is 5.74. The summed E-state index contributed by atoms with van der Waals surface area (Å²) in [5.41, 5.74) is 0.872. The second kappa shape index (κ2) is 6.19. The van der Waals surface area contributed by atoms with Crippen molar-refractivity contribution in [3.8, 4) is 0 Å². The maximum absolute atomic E-state index is 12.7. The van der Waals surface area contributed by atoms with Crippen LogP contribution < -0.4 is 0 Å². The quantitative estimate of drug-likeness (QED) is 0.792. The highest BCUT2D eigenvalue weighted by atomic mass is 19.1. The number of halogens is 1. The molecule has 1 aromatic heterocycles. The van der Waals surface area contributed by atoms with Gasteiger partial charge in [0.25, 0.3) is 0 Å². The Hall–Kier alpha value is -2.08. The Bertz CT molecular complexity index is 551. The number of hydrogen-bond acceptors (Lipinski definition) is 5. The molecule has 0 atom stereocenters. The van der Waals surface area contributed by atoms with Gasteiger partial charge in [0.2, 0.25) is 5.89 Å². The Morgan fingerprint density at radius 3 is 2.79 bits per heavy atom. The zero-order valence-electron chi connectivity index (χ0n) is 10.4. The van der Waals surface area contributed by atoms with E-state index in [0.717, 1.165) is 5.56 Å². The molecule has 0 amide bonds. The molecule has 0 aliphatic rings. The molecule has 100 valence electrons. The molecule has 6 heteroatoms. The molecule has 2 aromatic rings. The Labute approximate surface area is 109 Å². The number of carbonyl (C=O) groups is 1. The third kappa shape index (κ3) is 3.96. The van der Waals surface area contributed by atoms with Crippen LogP contribution in [0.5, 0.6) is 0 Å². The van der Waals surface area contributed by atoms with Crippen LogP contribution in [0.25, 0.3) is 0 Å². The Morgan fingerprint density at radius 1 is 1.37 bits per heavy atom.